The summed E-state index contributed by atoms with van der Waals surface area (Å²) >= 11 is 0. The van der Waals surface area contributed by atoms with E-state index in [2.05, 4.69) is 25.4 Å². The summed E-state index contributed by atoms with van der Waals surface area (Å²) in [5, 5.41) is 3.21. The first-order valence-electron chi connectivity index (χ1n) is 4.74. The molecule has 2 heteroatoms. The van der Waals surface area contributed by atoms with E-state index < -0.39 is 0 Å². The van der Waals surface area contributed by atoms with Crippen LogP contribution in [0.1, 0.15) is 20.3 Å². The summed E-state index contributed by atoms with van der Waals surface area (Å²) < 4.78 is 5.54. The minimum atomic E-state index is 0.263. The molecule has 0 saturated carbocycles. The van der Waals surface area contributed by atoms with Gasteiger partial charge in [-0.3, -0.25) is 0 Å². The van der Waals surface area contributed by atoms with Crippen molar-refractivity contribution >= 4 is 0 Å². The largest absolute Gasteiger partial charge is 0.377 e. The maximum absolute atomic E-state index is 5.54. The monoisotopic (exact) mass is 183 g/mol. The minimum absolute atomic E-state index is 0.263. The third-order valence-electron chi connectivity index (χ3n) is 1.65. The van der Waals surface area contributed by atoms with Crippen LogP contribution < -0.4 is 5.32 Å². The molecule has 2 nitrogen and oxygen atoms in total. The van der Waals surface area contributed by atoms with Crippen molar-refractivity contribution in [3.05, 3.63) is 24.8 Å². The zero-order chi connectivity index (χ0) is 10.1. The summed E-state index contributed by atoms with van der Waals surface area (Å²) in [6.07, 6.45) is 3.06. The molecule has 0 bridgehead atoms. The lowest BCUT2D eigenvalue weighted by Crippen LogP contribution is -2.27. The Hall–Kier alpha value is -0.600. The standard InChI is InChI=1S/C11H21NO/c1-5-7-12-9-11(4)13-8-6-10(2)3/h5,11-12H,1-2,6-9H2,3-4H3. The topological polar surface area (TPSA) is 21.3 Å². The Morgan fingerprint density at radius 3 is 2.85 bits per heavy atom. The molecule has 0 amide bonds. The molecule has 1 unspecified atom stereocenters. The van der Waals surface area contributed by atoms with E-state index in [1.165, 1.54) is 5.57 Å². The Bertz CT molecular complexity index is 154. The van der Waals surface area contributed by atoms with Crippen LogP contribution in [0.3, 0.4) is 0 Å². The first kappa shape index (κ1) is 12.4. The summed E-state index contributed by atoms with van der Waals surface area (Å²) in [6, 6.07) is 0. The van der Waals surface area contributed by atoms with Gasteiger partial charge < -0.3 is 10.1 Å². The van der Waals surface area contributed by atoms with E-state index in [-0.39, 0.29) is 6.10 Å². The fraction of sp³-hybridized carbons (Fsp3) is 0.636. The van der Waals surface area contributed by atoms with Crippen LogP contribution in [-0.4, -0.2) is 25.8 Å². The first-order valence-corrected chi connectivity index (χ1v) is 4.74. The highest BCUT2D eigenvalue weighted by Crippen LogP contribution is 1.97. The molecule has 0 spiro atoms. The molecule has 0 rings (SSSR count). The van der Waals surface area contributed by atoms with Crippen molar-refractivity contribution in [3.8, 4) is 0 Å². The molecular formula is C11H21NO. The summed E-state index contributed by atoms with van der Waals surface area (Å²) in [4.78, 5) is 0. The number of ether oxygens (including phenoxy) is 1. The van der Waals surface area contributed by atoms with Crippen molar-refractivity contribution in [1.29, 1.82) is 0 Å². The van der Waals surface area contributed by atoms with E-state index in [0.717, 1.165) is 26.1 Å². The smallest absolute Gasteiger partial charge is 0.0671 e. The van der Waals surface area contributed by atoms with Gasteiger partial charge in [-0.25, -0.2) is 0 Å². The van der Waals surface area contributed by atoms with Gasteiger partial charge in [0, 0.05) is 13.1 Å². The van der Waals surface area contributed by atoms with Crippen molar-refractivity contribution in [2.45, 2.75) is 26.4 Å². The predicted octanol–water partition coefficient (Wildman–Crippen LogP) is 2.13. The van der Waals surface area contributed by atoms with E-state index in [1.807, 2.05) is 13.0 Å². The van der Waals surface area contributed by atoms with Crippen molar-refractivity contribution in [1.82, 2.24) is 5.32 Å². The van der Waals surface area contributed by atoms with Gasteiger partial charge in [0.1, 0.15) is 0 Å². The predicted molar refractivity (Wildman–Crippen MR) is 57.9 cm³/mol. The maximum Gasteiger partial charge on any atom is 0.0671 e. The Kier molecular flexibility index (Phi) is 7.65. The molecule has 1 N–H and O–H groups in total. The Labute approximate surface area is 81.7 Å². The quantitative estimate of drug-likeness (QED) is 0.460. The molecule has 76 valence electrons. The van der Waals surface area contributed by atoms with E-state index in [9.17, 15) is 0 Å². The van der Waals surface area contributed by atoms with E-state index >= 15 is 0 Å². The molecule has 1 atom stereocenters. The summed E-state index contributed by atoms with van der Waals surface area (Å²) in [5.74, 6) is 0. The molecule has 0 heterocycles. The van der Waals surface area contributed by atoms with Crippen LogP contribution in [0.25, 0.3) is 0 Å². The molecule has 0 saturated heterocycles. The lowest BCUT2D eigenvalue weighted by atomic mass is 10.2. The average Bonchev–Trinajstić information content (AvgIpc) is 2.04. The zero-order valence-electron chi connectivity index (χ0n) is 8.81. The van der Waals surface area contributed by atoms with Gasteiger partial charge in [-0.1, -0.05) is 11.6 Å². The fourth-order valence-electron chi connectivity index (χ4n) is 0.882. The Morgan fingerprint density at radius 2 is 2.31 bits per heavy atom. The van der Waals surface area contributed by atoms with Crippen molar-refractivity contribution < 1.29 is 4.74 Å². The van der Waals surface area contributed by atoms with E-state index in [0.29, 0.717) is 0 Å². The second kappa shape index (κ2) is 8.02. The van der Waals surface area contributed by atoms with Crippen LogP contribution in [0.5, 0.6) is 0 Å². The molecule has 13 heavy (non-hydrogen) atoms. The molecule has 0 fully saturated rings. The van der Waals surface area contributed by atoms with Crippen LogP contribution >= 0.6 is 0 Å². The molecule has 0 aliphatic rings. The van der Waals surface area contributed by atoms with Gasteiger partial charge in [0.25, 0.3) is 0 Å². The summed E-state index contributed by atoms with van der Waals surface area (Å²) in [6.45, 7) is 14.0. The summed E-state index contributed by atoms with van der Waals surface area (Å²) in [5.41, 5.74) is 1.17. The number of hydrogen-bond donors (Lipinski definition) is 1. The van der Waals surface area contributed by atoms with Gasteiger partial charge in [-0.2, -0.15) is 0 Å². The van der Waals surface area contributed by atoms with Crippen molar-refractivity contribution in [2.24, 2.45) is 0 Å². The minimum Gasteiger partial charge on any atom is -0.377 e. The lowest BCUT2D eigenvalue weighted by molar-refractivity contribution is 0.0689. The molecular weight excluding hydrogens is 162 g/mol. The van der Waals surface area contributed by atoms with Gasteiger partial charge in [-0.15, -0.1) is 13.2 Å². The Balaban J connectivity index is 3.24. The second-order valence-electron chi connectivity index (χ2n) is 3.34. The SMILES string of the molecule is C=CCNCC(C)OCCC(=C)C. The van der Waals surface area contributed by atoms with Gasteiger partial charge in [-0.05, 0) is 20.3 Å². The molecule has 0 aliphatic carbocycles. The van der Waals surface area contributed by atoms with Crippen LogP contribution in [0.15, 0.2) is 24.8 Å². The van der Waals surface area contributed by atoms with Crippen LogP contribution in [-0.2, 0) is 4.74 Å². The second-order valence-corrected chi connectivity index (χ2v) is 3.34. The highest BCUT2D eigenvalue weighted by atomic mass is 16.5. The van der Waals surface area contributed by atoms with Gasteiger partial charge in [0.15, 0.2) is 0 Å². The third-order valence-corrected chi connectivity index (χ3v) is 1.65. The number of rotatable bonds is 8. The lowest BCUT2D eigenvalue weighted by Gasteiger charge is -2.13. The normalized spacial score (nSPS) is 12.5. The number of nitrogens with one attached hydrogen (secondary N) is 1. The molecule has 0 aromatic rings. The van der Waals surface area contributed by atoms with Crippen LogP contribution in [0, 0.1) is 0 Å². The first-order chi connectivity index (χ1) is 6.16. The maximum atomic E-state index is 5.54. The molecule has 0 aromatic carbocycles. The summed E-state index contributed by atoms with van der Waals surface area (Å²) in [7, 11) is 0. The van der Waals surface area contributed by atoms with E-state index in [1.54, 1.807) is 0 Å². The van der Waals surface area contributed by atoms with Crippen molar-refractivity contribution in [3.63, 3.8) is 0 Å². The van der Waals surface area contributed by atoms with Crippen LogP contribution in [0.4, 0.5) is 0 Å². The van der Waals surface area contributed by atoms with Crippen molar-refractivity contribution in [2.75, 3.05) is 19.7 Å². The van der Waals surface area contributed by atoms with E-state index in [4.69, 9.17) is 4.74 Å². The zero-order valence-corrected chi connectivity index (χ0v) is 8.81. The van der Waals surface area contributed by atoms with Crippen LogP contribution in [0.2, 0.25) is 0 Å². The van der Waals surface area contributed by atoms with Gasteiger partial charge in [0.2, 0.25) is 0 Å². The fourth-order valence-corrected chi connectivity index (χ4v) is 0.882. The Morgan fingerprint density at radius 1 is 1.62 bits per heavy atom. The molecule has 0 aromatic heterocycles. The third kappa shape index (κ3) is 9.31. The molecule has 0 radical (unpaired) electrons. The van der Waals surface area contributed by atoms with Gasteiger partial charge >= 0.3 is 0 Å². The van der Waals surface area contributed by atoms with Gasteiger partial charge in [0.05, 0.1) is 12.7 Å². The average molecular weight is 183 g/mol. The highest BCUT2D eigenvalue weighted by Gasteiger charge is 1.99. The number of hydrogen-bond acceptors (Lipinski definition) is 2. The highest BCUT2D eigenvalue weighted by molar-refractivity contribution is 4.87. The molecule has 0 aliphatic heterocycles.